The molecule has 0 saturated carbocycles. The minimum atomic E-state index is -0.595. The molecule has 0 amide bonds. The summed E-state index contributed by atoms with van der Waals surface area (Å²) in [6.45, 7) is 3.80. The third-order valence-corrected chi connectivity index (χ3v) is 6.66. The van der Waals surface area contributed by atoms with Crippen molar-refractivity contribution in [1.82, 2.24) is 9.55 Å². The minimum absolute atomic E-state index is 0.194. The molecule has 1 atom stereocenters. The highest BCUT2D eigenvalue weighted by Gasteiger charge is 2.33. The molecule has 0 unspecified atom stereocenters. The molecule has 4 rings (SSSR count). The molecule has 2 aromatic heterocycles. The fourth-order valence-electron chi connectivity index (χ4n) is 3.51. The smallest absolute Gasteiger partial charge is 0.338 e. The number of nitrogens with zero attached hydrogens (tertiary/aromatic N) is 3. The van der Waals surface area contributed by atoms with Crippen LogP contribution in [0.5, 0.6) is 0 Å². The molecule has 0 bridgehead atoms. The number of carbonyl (C=O) groups is 1. The number of benzene rings is 1. The molecule has 3 heterocycles. The van der Waals surface area contributed by atoms with Gasteiger partial charge in [-0.15, -0.1) is 11.8 Å². The summed E-state index contributed by atoms with van der Waals surface area (Å²) in [5, 5.41) is 0. The van der Waals surface area contributed by atoms with E-state index in [-0.39, 0.29) is 12.2 Å². The molecule has 158 valence electrons. The third kappa shape index (κ3) is 4.13. The van der Waals surface area contributed by atoms with Crippen LogP contribution in [0, 0.1) is 0 Å². The predicted octanol–water partition coefficient (Wildman–Crippen LogP) is 2.92. The molecule has 1 aromatic carbocycles. The summed E-state index contributed by atoms with van der Waals surface area (Å²) in [5.41, 5.74) is 2.42. The molecule has 31 heavy (non-hydrogen) atoms. The Labute approximate surface area is 187 Å². The number of hydrogen-bond donors (Lipinski definition) is 0. The number of esters is 1. The van der Waals surface area contributed by atoms with Crippen molar-refractivity contribution in [1.29, 1.82) is 0 Å². The van der Waals surface area contributed by atoms with Gasteiger partial charge >= 0.3 is 5.97 Å². The van der Waals surface area contributed by atoms with Crippen LogP contribution < -0.4 is 14.9 Å². The predicted molar refractivity (Wildman–Crippen MR) is 123 cm³/mol. The molecule has 0 N–H and O–H groups in total. The number of ether oxygens (including phenoxy) is 1. The molecule has 1 aliphatic rings. The van der Waals surface area contributed by atoms with Crippen LogP contribution in [-0.4, -0.2) is 28.4 Å². The highest BCUT2D eigenvalue weighted by atomic mass is 32.2. The van der Waals surface area contributed by atoms with E-state index in [0.29, 0.717) is 20.6 Å². The molecular weight excluding hydrogens is 430 g/mol. The van der Waals surface area contributed by atoms with Gasteiger partial charge in [-0.1, -0.05) is 29.5 Å². The Morgan fingerprint density at radius 1 is 1.29 bits per heavy atom. The Morgan fingerprint density at radius 3 is 2.71 bits per heavy atom. The molecule has 3 aromatic rings. The summed E-state index contributed by atoms with van der Waals surface area (Å²) in [5.74, 6) is -0.454. The summed E-state index contributed by atoms with van der Waals surface area (Å²) in [6.07, 6.45) is 7.19. The highest BCUT2D eigenvalue weighted by Crippen LogP contribution is 2.31. The van der Waals surface area contributed by atoms with Crippen molar-refractivity contribution < 1.29 is 9.53 Å². The van der Waals surface area contributed by atoms with E-state index in [9.17, 15) is 9.59 Å². The third-order valence-electron chi connectivity index (χ3n) is 4.93. The molecule has 0 saturated heterocycles. The fraction of sp³-hybridized carbons (Fsp3) is 0.217. The standard InChI is InChI=1S/C23H21N3O3S2/c1-4-29-22(28)19-14(2)25-23-26(20(19)16-7-9-17(30-3)10-8-16)21(27)18(31-23)12-15-6-5-11-24-13-15/h5-13,20H,4H2,1-3H3/t20-/m0/s1. The van der Waals surface area contributed by atoms with Crippen LogP contribution in [0.15, 0.2) is 74.7 Å². The zero-order chi connectivity index (χ0) is 22.0. The lowest BCUT2D eigenvalue weighted by Gasteiger charge is -2.24. The first-order valence-electron chi connectivity index (χ1n) is 9.77. The maximum absolute atomic E-state index is 13.4. The van der Waals surface area contributed by atoms with Gasteiger partial charge in [0.2, 0.25) is 0 Å². The Balaban J connectivity index is 1.95. The van der Waals surface area contributed by atoms with Gasteiger partial charge in [-0.05, 0) is 55.5 Å². The van der Waals surface area contributed by atoms with Crippen molar-refractivity contribution in [3.05, 3.63) is 90.9 Å². The van der Waals surface area contributed by atoms with E-state index in [0.717, 1.165) is 16.0 Å². The number of fused-ring (bicyclic) bond motifs is 1. The van der Waals surface area contributed by atoms with Crippen molar-refractivity contribution in [3.8, 4) is 0 Å². The zero-order valence-electron chi connectivity index (χ0n) is 17.4. The summed E-state index contributed by atoms with van der Waals surface area (Å²) in [7, 11) is 0. The van der Waals surface area contributed by atoms with Crippen LogP contribution in [-0.2, 0) is 9.53 Å². The van der Waals surface area contributed by atoms with Gasteiger partial charge in [0, 0.05) is 17.3 Å². The number of rotatable bonds is 5. The minimum Gasteiger partial charge on any atom is -0.463 e. The molecule has 1 aliphatic heterocycles. The molecule has 0 spiro atoms. The zero-order valence-corrected chi connectivity index (χ0v) is 19.0. The SMILES string of the molecule is CCOC(=O)C1=C(C)N=c2sc(=Cc3cccnc3)c(=O)n2[C@H]1c1ccc(SC)cc1. The van der Waals surface area contributed by atoms with Crippen molar-refractivity contribution in [2.75, 3.05) is 12.9 Å². The molecule has 0 aliphatic carbocycles. The normalized spacial score (nSPS) is 16.1. The van der Waals surface area contributed by atoms with Gasteiger partial charge in [0.15, 0.2) is 4.80 Å². The quantitative estimate of drug-likeness (QED) is 0.441. The lowest BCUT2D eigenvalue weighted by atomic mass is 9.96. The average Bonchev–Trinajstić information content (AvgIpc) is 3.08. The second-order valence-corrected chi connectivity index (χ2v) is 8.75. The van der Waals surface area contributed by atoms with E-state index in [2.05, 4.69) is 9.98 Å². The van der Waals surface area contributed by atoms with E-state index < -0.39 is 12.0 Å². The van der Waals surface area contributed by atoms with E-state index >= 15 is 0 Å². The Hall–Kier alpha value is -2.97. The Kier molecular flexibility index (Phi) is 6.20. The first kappa shape index (κ1) is 21.3. The van der Waals surface area contributed by atoms with Crippen LogP contribution >= 0.6 is 23.1 Å². The van der Waals surface area contributed by atoms with Crippen molar-refractivity contribution in [2.24, 2.45) is 4.99 Å². The topological polar surface area (TPSA) is 73.6 Å². The number of pyridine rings is 1. The second kappa shape index (κ2) is 9.03. The van der Waals surface area contributed by atoms with Gasteiger partial charge in [0.05, 0.1) is 28.5 Å². The number of thioether (sulfide) groups is 1. The maximum atomic E-state index is 13.4. The van der Waals surface area contributed by atoms with Crippen molar-refractivity contribution in [3.63, 3.8) is 0 Å². The molecule has 0 fully saturated rings. The van der Waals surface area contributed by atoms with Gasteiger partial charge in [0.25, 0.3) is 5.56 Å². The summed E-state index contributed by atoms with van der Waals surface area (Å²) in [6, 6.07) is 11.0. The van der Waals surface area contributed by atoms with Crippen LogP contribution in [0.2, 0.25) is 0 Å². The first-order chi connectivity index (χ1) is 15.0. The van der Waals surface area contributed by atoms with E-state index in [1.807, 2.05) is 42.7 Å². The van der Waals surface area contributed by atoms with Crippen LogP contribution in [0.4, 0.5) is 0 Å². The Bertz CT molecular complexity index is 1320. The lowest BCUT2D eigenvalue weighted by molar-refractivity contribution is -0.139. The highest BCUT2D eigenvalue weighted by molar-refractivity contribution is 7.98. The number of carbonyl (C=O) groups excluding carboxylic acids is 1. The van der Waals surface area contributed by atoms with Crippen molar-refractivity contribution >= 4 is 35.1 Å². The Morgan fingerprint density at radius 2 is 2.06 bits per heavy atom. The largest absolute Gasteiger partial charge is 0.463 e. The van der Waals surface area contributed by atoms with E-state index in [1.54, 1.807) is 48.6 Å². The monoisotopic (exact) mass is 451 g/mol. The average molecular weight is 452 g/mol. The van der Waals surface area contributed by atoms with Crippen LogP contribution in [0.1, 0.15) is 31.0 Å². The summed E-state index contributed by atoms with van der Waals surface area (Å²) < 4.78 is 7.45. The summed E-state index contributed by atoms with van der Waals surface area (Å²) in [4.78, 5) is 36.7. The lowest BCUT2D eigenvalue weighted by Crippen LogP contribution is -2.39. The molecule has 0 radical (unpaired) electrons. The van der Waals surface area contributed by atoms with Gasteiger partial charge in [-0.2, -0.15) is 0 Å². The van der Waals surface area contributed by atoms with Crippen molar-refractivity contribution in [2.45, 2.75) is 24.8 Å². The summed E-state index contributed by atoms with van der Waals surface area (Å²) >= 11 is 2.94. The van der Waals surface area contributed by atoms with Gasteiger partial charge in [0.1, 0.15) is 0 Å². The van der Waals surface area contributed by atoms with E-state index in [4.69, 9.17) is 4.74 Å². The first-order valence-corrected chi connectivity index (χ1v) is 11.8. The number of thiazole rings is 1. The molecule has 6 nitrogen and oxygen atoms in total. The number of aromatic nitrogens is 2. The molecule has 8 heteroatoms. The number of allylic oxidation sites excluding steroid dienone is 1. The van der Waals surface area contributed by atoms with Crippen LogP contribution in [0.25, 0.3) is 6.08 Å². The van der Waals surface area contributed by atoms with Crippen LogP contribution in [0.3, 0.4) is 0 Å². The second-order valence-electron chi connectivity index (χ2n) is 6.86. The number of hydrogen-bond acceptors (Lipinski definition) is 7. The van der Waals surface area contributed by atoms with E-state index in [1.165, 1.54) is 11.3 Å². The molecular formula is C23H21N3O3S2. The fourth-order valence-corrected chi connectivity index (χ4v) is 4.96. The maximum Gasteiger partial charge on any atom is 0.338 e. The van der Waals surface area contributed by atoms with Gasteiger partial charge in [-0.25, -0.2) is 9.79 Å². The van der Waals surface area contributed by atoms with Gasteiger partial charge < -0.3 is 4.74 Å². The van der Waals surface area contributed by atoms with Gasteiger partial charge in [-0.3, -0.25) is 14.3 Å².